The molecule has 2 amide bonds. The van der Waals surface area contributed by atoms with Crippen LogP contribution >= 0.6 is 0 Å². The van der Waals surface area contributed by atoms with Crippen molar-refractivity contribution in [3.8, 4) is 0 Å². The Labute approximate surface area is 153 Å². The second-order valence-electron chi connectivity index (χ2n) is 6.02. The number of carbonyl (C=O) groups is 2. The smallest absolute Gasteiger partial charge is 0.249 e. The van der Waals surface area contributed by atoms with Gasteiger partial charge in [0.05, 0.1) is 13.2 Å². The number of hydrogen-bond donors (Lipinski definition) is 1. The van der Waals surface area contributed by atoms with Gasteiger partial charge in [0.1, 0.15) is 12.4 Å². The minimum atomic E-state index is -0.314. The highest BCUT2D eigenvalue weighted by molar-refractivity contribution is 5.93. The molecular weight excluding hydrogens is 334 g/mol. The second-order valence-corrected chi connectivity index (χ2v) is 6.02. The number of aromatic nitrogens is 1. The van der Waals surface area contributed by atoms with Crippen molar-refractivity contribution in [2.24, 2.45) is 0 Å². The van der Waals surface area contributed by atoms with E-state index in [1.54, 1.807) is 13.0 Å². The number of nitrogens with zero attached hydrogens (tertiary/aromatic N) is 2. The first-order valence-corrected chi connectivity index (χ1v) is 8.71. The maximum atomic E-state index is 12.4. The molecule has 0 aliphatic heterocycles. The van der Waals surface area contributed by atoms with Crippen molar-refractivity contribution in [1.82, 2.24) is 10.1 Å². The van der Waals surface area contributed by atoms with Crippen molar-refractivity contribution in [3.05, 3.63) is 47.7 Å². The molecule has 0 aliphatic rings. The van der Waals surface area contributed by atoms with E-state index >= 15 is 0 Å². The predicted octanol–water partition coefficient (Wildman–Crippen LogP) is 2.77. The Balaban J connectivity index is 1.83. The molecule has 2 aromatic rings. The van der Waals surface area contributed by atoms with E-state index in [0.717, 1.165) is 18.4 Å². The molecule has 2 rings (SSSR count). The number of hydrogen-bond acceptors (Lipinski definition) is 5. The van der Waals surface area contributed by atoms with Crippen LogP contribution in [0.15, 0.2) is 40.9 Å². The van der Waals surface area contributed by atoms with Gasteiger partial charge in [0, 0.05) is 12.6 Å². The average molecular weight is 359 g/mol. The minimum absolute atomic E-state index is 0.0422. The van der Waals surface area contributed by atoms with Gasteiger partial charge in [0.2, 0.25) is 11.8 Å². The van der Waals surface area contributed by atoms with E-state index in [2.05, 4.69) is 10.5 Å². The Morgan fingerprint density at radius 2 is 2.04 bits per heavy atom. The van der Waals surface area contributed by atoms with Crippen LogP contribution < -0.4 is 5.32 Å². The molecule has 0 unspecified atom stereocenters. The third kappa shape index (κ3) is 6.68. The highest BCUT2D eigenvalue weighted by Crippen LogP contribution is 2.07. The zero-order valence-corrected chi connectivity index (χ0v) is 15.2. The van der Waals surface area contributed by atoms with Crippen molar-refractivity contribution >= 4 is 17.6 Å². The summed E-state index contributed by atoms with van der Waals surface area (Å²) < 4.78 is 10.4. The molecular formula is C19H25N3O4. The molecule has 7 heteroatoms. The van der Waals surface area contributed by atoms with Gasteiger partial charge in [-0.05, 0) is 18.9 Å². The summed E-state index contributed by atoms with van der Waals surface area (Å²) in [7, 11) is 0. The number of benzene rings is 1. The van der Waals surface area contributed by atoms with Gasteiger partial charge in [-0.25, -0.2) is 0 Å². The fraction of sp³-hybridized carbons (Fsp3) is 0.421. The van der Waals surface area contributed by atoms with Gasteiger partial charge >= 0.3 is 0 Å². The molecule has 7 nitrogen and oxygen atoms in total. The molecule has 0 atom stereocenters. The molecule has 1 N–H and O–H groups in total. The molecule has 140 valence electrons. The topological polar surface area (TPSA) is 84.7 Å². The third-order valence-electron chi connectivity index (χ3n) is 3.70. The summed E-state index contributed by atoms with van der Waals surface area (Å²) in [5, 5.41) is 6.35. The Hall–Kier alpha value is -2.67. The van der Waals surface area contributed by atoms with Crippen molar-refractivity contribution in [2.45, 2.75) is 33.3 Å². The van der Waals surface area contributed by atoms with Gasteiger partial charge in [0.15, 0.2) is 5.82 Å². The summed E-state index contributed by atoms with van der Waals surface area (Å²) in [4.78, 5) is 26.1. The summed E-state index contributed by atoms with van der Waals surface area (Å²) in [5.74, 6) is 0.427. The average Bonchev–Trinajstić information content (AvgIpc) is 3.04. The molecule has 0 radical (unpaired) electrons. The summed E-state index contributed by atoms with van der Waals surface area (Å²) >= 11 is 0. The van der Waals surface area contributed by atoms with E-state index in [-0.39, 0.29) is 25.0 Å². The zero-order chi connectivity index (χ0) is 18.8. The predicted molar refractivity (Wildman–Crippen MR) is 97.5 cm³/mol. The lowest BCUT2D eigenvalue weighted by atomic mass is 10.2. The minimum Gasteiger partial charge on any atom is -0.367 e. The second kappa shape index (κ2) is 10.4. The lowest BCUT2D eigenvalue weighted by Crippen LogP contribution is -2.40. The molecule has 0 saturated carbocycles. The Kier molecular flexibility index (Phi) is 7.82. The van der Waals surface area contributed by atoms with Crippen LogP contribution in [-0.4, -0.2) is 41.6 Å². The third-order valence-corrected chi connectivity index (χ3v) is 3.70. The van der Waals surface area contributed by atoms with Gasteiger partial charge in [-0.15, -0.1) is 0 Å². The lowest BCUT2D eigenvalue weighted by Gasteiger charge is -2.21. The maximum Gasteiger partial charge on any atom is 0.249 e. The fourth-order valence-corrected chi connectivity index (χ4v) is 2.34. The van der Waals surface area contributed by atoms with Crippen molar-refractivity contribution in [3.63, 3.8) is 0 Å². The van der Waals surface area contributed by atoms with Crippen LogP contribution in [0.4, 0.5) is 5.82 Å². The van der Waals surface area contributed by atoms with E-state index in [9.17, 15) is 9.59 Å². The van der Waals surface area contributed by atoms with Gasteiger partial charge in [0.25, 0.3) is 0 Å². The molecule has 1 heterocycles. The molecule has 1 aromatic carbocycles. The van der Waals surface area contributed by atoms with Crippen molar-refractivity contribution < 1.29 is 18.8 Å². The number of nitrogens with one attached hydrogen (secondary N) is 1. The van der Waals surface area contributed by atoms with Gasteiger partial charge in [-0.3, -0.25) is 9.59 Å². The lowest BCUT2D eigenvalue weighted by molar-refractivity contribution is -0.139. The van der Waals surface area contributed by atoms with Crippen LogP contribution in [0.1, 0.15) is 31.1 Å². The van der Waals surface area contributed by atoms with Crippen LogP contribution in [0.5, 0.6) is 0 Å². The highest BCUT2D eigenvalue weighted by atomic mass is 16.5. The van der Waals surface area contributed by atoms with Crippen molar-refractivity contribution in [2.75, 3.05) is 25.0 Å². The first-order valence-electron chi connectivity index (χ1n) is 8.71. The number of amides is 2. The number of rotatable bonds is 10. The first kappa shape index (κ1) is 19.7. The van der Waals surface area contributed by atoms with Crippen molar-refractivity contribution in [1.29, 1.82) is 0 Å². The number of unbranched alkanes of at least 4 members (excludes halogenated alkanes) is 1. The molecule has 0 saturated heterocycles. The number of aryl methyl sites for hydroxylation is 1. The Morgan fingerprint density at radius 1 is 1.27 bits per heavy atom. The van der Waals surface area contributed by atoms with Crippen LogP contribution in [0, 0.1) is 6.92 Å². The number of ether oxygens (including phenoxy) is 1. The van der Waals surface area contributed by atoms with E-state index in [4.69, 9.17) is 9.26 Å². The van der Waals surface area contributed by atoms with Gasteiger partial charge in [-0.2, -0.15) is 0 Å². The highest BCUT2D eigenvalue weighted by Gasteiger charge is 2.18. The molecule has 0 bridgehead atoms. The van der Waals surface area contributed by atoms with Gasteiger partial charge < -0.3 is 19.5 Å². The van der Waals surface area contributed by atoms with E-state index in [1.165, 1.54) is 4.90 Å². The SMILES string of the molecule is CCCCN(CC(=O)Nc1cc(C)on1)C(=O)COCc1ccccc1. The van der Waals surface area contributed by atoms with Crippen LogP contribution in [0.2, 0.25) is 0 Å². The molecule has 0 spiro atoms. The van der Waals surface area contributed by atoms with Crippen LogP contribution in [0.3, 0.4) is 0 Å². The molecule has 0 fully saturated rings. The largest absolute Gasteiger partial charge is 0.367 e. The molecule has 26 heavy (non-hydrogen) atoms. The standard InChI is InChI=1S/C19H25N3O4/c1-3-4-10-22(12-18(23)20-17-11-15(2)26-21-17)19(24)14-25-13-16-8-6-5-7-9-16/h5-9,11H,3-4,10,12-14H2,1-2H3,(H,20,21,23). The van der Waals surface area contributed by atoms with E-state index < -0.39 is 0 Å². The normalized spacial score (nSPS) is 10.5. The summed E-state index contributed by atoms with van der Waals surface area (Å²) in [6.45, 7) is 4.54. The number of carbonyl (C=O) groups excluding carboxylic acids is 2. The quantitative estimate of drug-likeness (QED) is 0.705. The van der Waals surface area contributed by atoms with E-state index in [0.29, 0.717) is 24.7 Å². The molecule has 1 aromatic heterocycles. The van der Waals surface area contributed by atoms with Gasteiger partial charge in [-0.1, -0.05) is 48.8 Å². The zero-order valence-electron chi connectivity index (χ0n) is 15.2. The molecule has 0 aliphatic carbocycles. The maximum absolute atomic E-state index is 12.4. The van der Waals surface area contributed by atoms with E-state index in [1.807, 2.05) is 37.3 Å². The Bertz CT molecular complexity index is 700. The fourth-order valence-electron chi connectivity index (χ4n) is 2.34. The monoisotopic (exact) mass is 359 g/mol. The van der Waals surface area contributed by atoms with Crippen LogP contribution in [0.25, 0.3) is 0 Å². The Morgan fingerprint density at radius 3 is 2.69 bits per heavy atom. The summed E-state index contributed by atoms with van der Waals surface area (Å²) in [6.07, 6.45) is 1.75. The summed E-state index contributed by atoms with van der Waals surface area (Å²) in [6, 6.07) is 11.3. The number of anilines is 1. The first-order chi connectivity index (χ1) is 12.6. The summed E-state index contributed by atoms with van der Waals surface area (Å²) in [5.41, 5.74) is 1.000. The van der Waals surface area contributed by atoms with Crippen LogP contribution in [-0.2, 0) is 20.9 Å².